The molecule has 0 bridgehead atoms. The molecule has 0 saturated carbocycles. The van der Waals surface area contributed by atoms with E-state index in [4.69, 9.17) is 0 Å². The van der Waals surface area contributed by atoms with Crippen molar-refractivity contribution in [1.82, 2.24) is 0 Å². The maximum absolute atomic E-state index is 4.05. The summed E-state index contributed by atoms with van der Waals surface area (Å²) in [5.74, 6) is 0. The molecule has 0 atom stereocenters. The summed E-state index contributed by atoms with van der Waals surface area (Å²) in [5.41, 5.74) is 1.03. The van der Waals surface area contributed by atoms with Crippen LogP contribution in [0.2, 0.25) is 0 Å². The predicted molar refractivity (Wildman–Crippen MR) is 74.5 cm³/mol. The fraction of sp³-hybridized carbons (Fsp3) is 0.438. The van der Waals surface area contributed by atoms with Gasteiger partial charge in [-0.3, -0.25) is 0 Å². The zero-order valence-electron chi connectivity index (χ0n) is 10.9. The zero-order valence-corrected chi connectivity index (χ0v) is 10.9. The molecule has 0 fully saturated rings. The van der Waals surface area contributed by atoms with E-state index in [1.165, 1.54) is 32.1 Å². The first kappa shape index (κ1) is 13.7. The molecule has 1 heterocycles. The molecule has 92 valence electrons. The summed E-state index contributed by atoms with van der Waals surface area (Å²) < 4.78 is 2.04. The van der Waals surface area contributed by atoms with Gasteiger partial charge in [-0.15, -0.1) is 0 Å². The summed E-state index contributed by atoms with van der Waals surface area (Å²) in [6, 6.07) is 6.05. The van der Waals surface area contributed by atoms with Gasteiger partial charge in [0.1, 0.15) is 0 Å². The van der Waals surface area contributed by atoms with E-state index in [2.05, 4.69) is 25.7 Å². The molecule has 1 rings (SSSR count). The topological polar surface area (TPSA) is 3.88 Å². The molecule has 1 aromatic heterocycles. The molecule has 0 spiro atoms. The molecule has 1 nitrogen and oxygen atoms in total. The van der Waals surface area contributed by atoms with Crippen LogP contribution >= 0.6 is 0 Å². The van der Waals surface area contributed by atoms with Gasteiger partial charge in [0, 0.05) is 18.2 Å². The van der Waals surface area contributed by atoms with Crippen LogP contribution < -0.4 is 4.57 Å². The van der Waals surface area contributed by atoms with Gasteiger partial charge in [-0.1, -0.05) is 44.7 Å². The summed E-state index contributed by atoms with van der Waals surface area (Å²) in [5, 5.41) is 0. The van der Waals surface area contributed by atoms with Crippen LogP contribution in [-0.4, -0.2) is 0 Å². The van der Waals surface area contributed by atoms with Crippen LogP contribution in [0.4, 0.5) is 0 Å². The quantitative estimate of drug-likeness (QED) is 0.355. The van der Waals surface area contributed by atoms with Gasteiger partial charge in [-0.25, -0.2) is 0 Å². The minimum atomic E-state index is 1.03. The molecule has 0 radical (unpaired) electrons. The molecular weight excluding hydrogens is 206 g/mol. The maximum Gasteiger partial charge on any atom is 0.203 e. The first-order chi connectivity index (χ1) is 8.34. The van der Waals surface area contributed by atoms with Crippen LogP contribution in [0, 0.1) is 0 Å². The molecule has 0 amide bonds. The Kier molecular flexibility index (Phi) is 7.04. The Hall–Kier alpha value is -1.37. The van der Waals surface area contributed by atoms with E-state index in [-0.39, 0.29) is 0 Å². The average molecular weight is 230 g/mol. The number of aromatic nitrogens is 1. The lowest BCUT2D eigenvalue weighted by Crippen LogP contribution is -2.29. The third kappa shape index (κ3) is 6.06. The van der Waals surface area contributed by atoms with Gasteiger partial charge in [0.15, 0.2) is 12.4 Å². The number of unbranched alkanes of at least 4 members (excludes halogenated alkanes) is 5. The first-order valence-electron chi connectivity index (χ1n) is 6.66. The van der Waals surface area contributed by atoms with Crippen LogP contribution in [0.15, 0.2) is 49.3 Å². The molecule has 0 N–H and O–H groups in total. The predicted octanol–water partition coefficient (Wildman–Crippen LogP) is 4.36. The van der Waals surface area contributed by atoms with Crippen molar-refractivity contribution in [3.05, 3.63) is 49.3 Å². The van der Waals surface area contributed by atoms with Crippen molar-refractivity contribution in [2.45, 2.75) is 45.4 Å². The van der Waals surface area contributed by atoms with Gasteiger partial charge < -0.3 is 0 Å². The molecule has 0 aromatic carbocycles. The highest BCUT2D eigenvalue weighted by Gasteiger charge is 1.99. The average Bonchev–Trinajstić information content (AvgIpc) is 2.38. The summed E-state index contributed by atoms with van der Waals surface area (Å²) in [6.07, 6.45) is 16.3. The highest BCUT2D eigenvalue weighted by molar-refractivity contribution is 5.42. The summed E-state index contributed by atoms with van der Waals surface area (Å²) >= 11 is 0. The third-order valence-corrected chi connectivity index (χ3v) is 2.83. The third-order valence-electron chi connectivity index (χ3n) is 2.83. The number of hydrogen-bond donors (Lipinski definition) is 0. The lowest BCUT2D eigenvalue weighted by atomic mass is 10.1. The van der Waals surface area contributed by atoms with Crippen molar-refractivity contribution in [3.63, 3.8) is 0 Å². The minimum absolute atomic E-state index is 1.03. The Morgan fingerprint density at radius 3 is 2.47 bits per heavy atom. The van der Waals surface area contributed by atoms with Crippen LogP contribution in [0.1, 0.15) is 45.4 Å². The second-order valence-corrected chi connectivity index (χ2v) is 4.38. The first-order valence-corrected chi connectivity index (χ1v) is 6.66. The Balaban J connectivity index is 2.19. The summed E-state index contributed by atoms with van der Waals surface area (Å²) in [7, 11) is 0. The van der Waals surface area contributed by atoms with E-state index < -0.39 is 0 Å². The number of rotatable bonds is 8. The molecule has 0 aliphatic carbocycles. The van der Waals surface area contributed by atoms with Crippen LogP contribution in [0.3, 0.4) is 0 Å². The van der Waals surface area contributed by atoms with Gasteiger partial charge in [-0.2, -0.15) is 4.57 Å². The number of hydrogen-bond acceptors (Lipinski definition) is 0. The lowest BCUT2D eigenvalue weighted by Gasteiger charge is -1.96. The van der Waals surface area contributed by atoms with Gasteiger partial charge in [0.25, 0.3) is 0 Å². The van der Waals surface area contributed by atoms with Crippen LogP contribution in [0.25, 0.3) is 5.70 Å². The summed E-state index contributed by atoms with van der Waals surface area (Å²) in [6.45, 7) is 6.30. The normalized spacial score (nSPS) is 10.9. The molecule has 0 aliphatic heterocycles. The molecule has 0 aliphatic rings. The number of pyridine rings is 1. The fourth-order valence-electron chi connectivity index (χ4n) is 1.76. The number of nitrogens with zero attached hydrogens (tertiary/aromatic N) is 1. The van der Waals surface area contributed by atoms with Crippen molar-refractivity contribution in [2.24, 2.45) is 0 Å². The van der Waals surface area contributed by atoms with E-state index in [1.54, 1.807) is 0 Å². The smallest absolute Gasteiger partial charge is 0.168 e. The van der Waals surface area contributed by atoms with E-state index in [9.17, 15) is 0 Å². The molecule has 1 aromatic rings. The lowest BCUT2D eigenvalue weighted by molar-refractivity contribution is -0.578. The molecule has 1 heteroatoms. The monoisotopic (exact) mass is 230 g/mol. The molecule has 0 unspecified atom stereocenters. The van der Waals surface area contributed by atoms with Gasteiger partial charge in [0.05, 0.1) is 0 Å². The molecule has 17 heavy (non-hydrogen) atoms. The minimum Gasteiger partial charge on any atom is -0.168 e. The highest BCUT2D eigenvalue weighted by Crippen LogP contribution is 2.06. The fourth-order valence-corrected chi connectivity index (χ4v) is 1.76. The highest BCUT2D eigenvalue weighted by atomic mass is 14.9. The second-order valence-electron chi connectivity index (χ2n) is 4.38. The van der Waals surface area contributed by atoms with Gasteiger partial charge >= 0.3 is 0 Å². The van der Waals surface area contributed by atoms with Crippen LogP contribution in [0.5, 0.6) is 0 Å². The van der Waals surface area contributed by atoms with Crippen molar-refractivity contribution in [2.75, 3.05) is 0 Å². The Labute approximate surface area is 105 Å². The van der Waals surface area contributed by atoms with Crippen molar-refractivity contribution < 1.29 is 4.57 Å². The zero-order chi connectivity index (χ0) is 12.3. The van der Waals surface area contributed by atoms with E-state index in [0.717, 1.165) is 12.1 Å². The van der Waals surface area contributed by atoms with E-state index in [0.29, 0.717) is 0 Å². The van der Waals surface area contributed by atoms with Gasteiger partial charge in [0.2, 0.25) is 5.70 Å². The standard InChI is InChI=1S/C16H24N/c1-3-4-5-6-7-8-10-13-16(2)17-14-11-9-12-15-17/h9-15H,2-8H2,1H3/q+1/b13-10+. The summed E-state index contributed by atoms with van der Waals surface area (Å²) in [4.78, 5) is 0. The van der Waals surface area contributed by atoms with Crippen molar-refractivity contribution >= 4 is 5.70 Å². The van der Waals surface area contributed by atoms with Crippen molar-refractivity contribution in [1.29, 1.82) is 0 Å². The van der Waals surface area contributed by atoms with Crippen molar-refractivity contribution in [3.8, 4) is 0 Å². The number of allylic oxidation sites excluding steroid dienone is 3. The second kappa shape index (κ2) is 8.74. The SMILES string of the molecule is C=C(/C=C/CCCCCCC)[n+]1ccccc1. The van der Waals surface area contributed by atoms with E-state index >= 15 is 0 Å². The van der Waals surface area contributed by atoms with Crippen LogP contribution in [-0.2, 0) is 0 Å². The van der Waals surface area contributed by atoms with E-state index in [1.807, 2.05) is 35.2 Å². The Morgan fingerprint density at radius 2 is 1.76 bits per heavy atom. The Morgan fingerprint density at radius 1 is 1.06 bits per heavy atom. The molecular formula is C16H24N+. The molecule has 0 saturated heterocycles. The van der Waals surface area contributed by atoms with Gasteiger partial charge in [-0.05, 0) is 19.4 Å². The largest absolute Gasteiger partial charge is 0.203 e. The Bertz CT molecular complexity index is 338. The maximum atomic E-state index is 4.05.